The third-order valence-electron chi connectivity index (χ3n) is 5.07. The molecule has 4 nitrogen and oxygen atoms in total. The maximum absolute atomic E-state index is 13.4. The molecule has 0 N–H and O–H groups in total. The molecule has 0 saturated heterocycles. The summed E-state index contributed by atoms with van der Waals surface area (Å²) in [6.45, 7) is 6.26. The zero-order valence-electron chi connectivity index (χ0n) is 16.1. The van der Waals surface area contributed by atoms with Crippen molar-refractivity contribution in [2.75, 3.05) is 0 Å². The third kappa shape index (κ3) is 3.44. The van der Waals surface area contributed by atoms with Gasteiger partial charge in [-0.1, -0.05) is 53.0 Å². The van der Waals surface area contributed by atoms with Gasteiger partial charge in [-0.05, 0) is 50.1 Å². The highest BCUT2D eigenvalue weighted by Crippen LogP contribution is 2.28. The van der Waals surface area contributed by atoms with Crippen LogP contribution in [0.15, 0.2) is 52.1 Å². The maximum Gasteiger partial charge on any atom is 0.337 e. The van der Waals surface area contributed by atoms with Crippen LogP contribution in [0.3, 0.4) is 0 Å². The molecule has 0 saturated carbocycles. The minimum atomic E-state index is -0.400. The highest BCUT2D eigenvalue weighted by atomic mass is 35.5. The molecule has 4 rings (SSSR count). The van der Waals surface area contributed by atoms with Gasteiger partial charge < -0.3 is 0 Å². The number of fused-ring (bicyclic) bond motifs is 1. The van der Waals surface area contributed by atoms with Crippen molar-refractivity contribution in [3.8, 4) is 5.69 Å². The Morgan fingerprint density at radius 2 is 1.62 bits per heavy atom. The van der Waals surface area contributed by atoms with Gasteiger partial charge in [-0.2, -0.15) is 0 Å². The summed E-state index contributed by atoms with van der Waals surface area (Å²) in [6.07, 6.45) is 0. The van der Waals surface area contributed by atoms with Crippen LogP contribution in [-0.4, -0.2) is 9.13 Å². The highest BCUT2D eigenvalue weighted by Gasteiger charge is 2.20. The lowest BCUT2D eigenvalue weighted by Crippen LogP contribution is -2.38. The third-order valence-corrected chi connectivity index (χ3v) is 7.04. The van der Waals surface area contributed by atoms with Gasteiger partial charge in [0.15, 0.2) is 0 Å². The Kier molecular flexibility index (Phi) is 5.15. The monoisotopic (exact) mass is 444 g/mol. The van der Waals surface area contributed by atoms with Crippen LogP contribution in [0.1, 0.15) is 21.6 Å². The molecule has 0 spiro atoms. The summed E-state index contributed by atoms with van der Waals surface area (Å²) < 4.78 is 2.84. The molecule has 2 aromatic carbocycles. The van der Waals surface area contributed by atoms with Crippen LogP contribution < -0.4 is 11.2 Å². The van der Waals surface area contributed by atoms with E-state index in [-0.39, 0.29) is 5.56 Å². The summed E-state index contributed by atoms with van der Waals surface area (Å²) in [7, 11) is 0. The van der Waals surface area contributed by atoms with Crippen molar-refractivity contribution >= 4 is 44.8 Å². The normalized spacial score (nSPS) is 11.3. The van der Waals surface area contributed by atoms with Crippen molar-refractivity contribution < 1.29 is 0 Å². The topological polar surface area (TPSA) is 44.0 Å². The molecule has 0 bridgehead atoms. The molecule has 148 valence electrons. The zero-order chi connectivity index (χ0) is 20.9. The van der Waals surface area contributed by atoms with Crippen LogP contribution in [0.5, 0.6) is 0 Å². The van der Waals surface area contributed by atoms with Gasteiger partial charge in [0, 0.05) is 4.88 Å². The van der Waals surface area contributed by atoms with E-state index in [0.717, 1.165) is 21.6 Å². The summed E-state index contributed by atoms with van der Waals surface area (Å²) >= 11 is 13.6. The lowest BCUT2D eigenvalue weighted by atomic mass is 10.1. The summed E-state index contributed by atoms with van der Waals surface area (Å²) in [5.74, 6) is 0. The second-order valence-corrected chi connectivity index (χ2v) is 9.07. The Morgan fingerprint density at radius 1 is 0.931 bits per heavy atom. The molecule has 7 heteroatoms. The first-order valence-electron chi connectivity index (χ1n) is 9.04. The largest absolute Gasteiger partial charge is 0.337 e. The lowest BCUT2D eigenvalue weighted by molar-refractivity contribution is 0.719. The maximum atomic E-state index is 13.4. The van der Waals surface area contributed by atoms with E-state index in [0.29, 0.717) is 32.5 Å². The van der Waals surface area contributed by atoms with Gasteiger partial charge in [0.1, 0.15) is 4.83 Å². The molecule has 4 aromatic rings. The molecule has 0 amide bonds. The molecule has 2 aromatic heterocycles. The molecule has 0 aliphatic rings. The number of hydrogen-bond donors (Lipinski definition) is 0. The Hall–Kier alpha value is -2.34. The van der Waals surface area contributed by atoms with Crippen LogP contribution in [0, 0.1) is 20.8 Å². The van der Waals surface area contributed by atoms with Gasteiger partial charge in [0.2, 0.25) is 0 Å². The van der Waals surface area contributed by atoms with E-state index in [9.17, 15) is 9.59 Å². The fourth-order valence-electron chi connectivity index (χ4n) is 3.32. The van der Waals surface area contributed by atoms with Crippen molar-refractivity contribution in [1.29, 1.82) is 0 Å². The molecular weight excluding hydrogens is 427 g/mol. The average molecular weight is 445 g/mol. The molecule has 0 radical (unpaired) electrons. The fourth-order valence-corrected chi connectivity index (χ4v) is 4.76. The molecule has 0 aliphatic heterocycles. The van der Waals surface area contributed by atoms with E-state index in [2.05, 4.69) is 0 Å². The van der Waals surface area contributed by atoms with Crippen molar-refractivity contribution in [2.45, 2.75) is 27.3 Å². The Labute approximate surface area is 181 Å². The van der Waals surface area contributed by atoms with E-state index in [4.69, 9.17) is 23.2 Å². The number of thiophene rings is 1. The lowest BCUT2D eigenvalue weighted by Gasteiger charge is -2.13. The van der Waals surface area contributed by atoms with Gasteiger partial charge in [-0.25, -0.2) is 9.36 Å². The Balaban J connectivity index is 2.05. The standard InChI is InChI=1S/C22H18Cl2N2O2S/c1-12-4-6-15(7-5-12)11-25-21-19(13(2)14(3)29-21)20(27)26(22(25)28)16-8-9-17(23)18(24)10-16/h4-10H,11H2,1-3H3. The number of aromatic nitrogens is 2. The van der Waals surface area contributed by atoms with Crippen molar-refractivity contribution in [1.82, 2.24) is 9.13 Å². The van der Waals surface area contributed by atoms with Crippen LogP contribution in [0.4, 0.5) is 0 Å². The first-order chi connectivity index (χ1) is 13.8. The van der Waals surface area contributed by atoms with Gasteiger partial charge in [0.05, 0.1) is 27.7 Å². The number of aryl methyl sites for hydroxylation is 3. The van der Waals surface area contributed by atoms with E-state index < -0.39 is 5.69 Å². The molecule has 0 aliphatic carbocycles. The Bertz CT molecular complexity index is 1370. The highest BCUT2D eigenvalue weighted by molar-refractivity contribution is 7.18. The van der Waals surface area contributed by atoms with Crippen LogP contribution in [-0.2, 0) is 6.54 Å². The molecule has 0 fully saturated rings. The quantitative estimate of drug-likeness (QED) is 0.418. The second kappa shape index (κ2) is 7.48. The predicted molar refractivity (Wildman–Crippen MR) is 121 cm³/mol. The van der Waals surface area contributed by atoms with Crippen LogP contribution >= 0.6 is 34.5 Å². The van der Waals surface area contributed by atoms with Gasteiger partial charge in [-0.15, -0.1) is 11.3 Å². The van der Waals surface area contributed by atoms with E-state index >= 15 is 0 Å². The van der Waals surface area contributed by atoms with Crippen molar-refractivity contribution in [2.24, 2.45) is 0 Å². The predicted octanol–water partition coefficient (Wildman–Crippen LogP) is 5.49. The van der Waals surface area contributed by atoms with Gasteiger partial charge in [0.25, 0.3) is 5.56 Å². The number of benzene rings is 2. The first kappa shape index (κ1) is 20.0. The number of rotatable bonds is 3. The van der Waals surface area contributed by atoms with Crippen molar-refractivity contribution in [3.05, 3.63) is 94.9 Å². The second-order valence-electron chi connectivity index (χ2n) is 7.06. The van der Waals surface area contributed by atoms with E-state index in [1.807, 2.05) is 45.0 Å². The van der Waals surface area contributed by atoms with Crippen molar-refractivity contribution in [3.63, 3.8) is 0 Å². The van der Waals surface area contributed by atoms with E-state index in [1.165, 1.54) is 15.9 Å². The first-order valence-corrected chi connectivity index (χ1v) is 10.6. The fraction of sp³-hybridized carbons (Fsp3) is 0.182. The van der Waals surface area contributed by atoms with Crippen LogP contribution in [0.25, 0.3) is 15.9 Å². The minimum Gasteiger partial charge on any atom is -0.280 e. The number of nitrogens with zero attached hydrogens (tertiary/aromatic N) is 2. The van der Waals surface area contributed by atoms with E-state index in [1.54, 1.807) is 22.8 Å². The van der Waals surface area contributed by atoms with Crippen LogP contribution in [0.2, 0.25) is 10.0 Å². The molecule has 0 atom stereocenters. The molecule has 0 unspecified atom stereocenters. The summed E-state index contributed by atoms with van der Waals surface area (Å²) in [4.78, 5) is 28.5. The van der Waals surface area contributed by atoms with Gasteiger partial charge >= 0.3 is 5.69 Å². The summed E-state index contributed by atoms with van der Waals surface area (Å²) in [5.41, 5.74) is 2.68. The smallest absolute Gasteiger partial charge is 0.280 e. The van der Waals surface area contributed by atoms with Gasteiger partial charge in [-0.3, -0.25) is 9.36 Å². The minimum absolute atomic E-state index is 0.291. The molecular formula is C22H18Cl2N2O2S. The Morgan fingerprint density at radius 3 is 2.28 bits per heavy atom. The molecule has 29 heavy (non-hydrogen) atoms. The average Bonchev–Trinajstić information content (AvgIpc) is 2.98. The SMILES string of the molecule is Cc1ccc(Cn2c(=O)n(-c3ccc(Cl)c(Cl)c3)c(=O)c3c(C)c(C)sc32)cc1. The zero-order valence-corrected chi connectivity index (χ0v) is 18.5. The molecule has 2 heterocycles. The number of halogens is 2. The summed E-state index contributed by atoms with van der Waals surface area (Å²) in [5, 5.41) is 1.22. The number of hydrogen-bond acceptors (Lipinski definition) is 3. The summed E-state index contributed by atoms with van der Waals surface area (Å²) in [6, 6.07) is 12.8.